The third-order valence-electron chi connectivity index (χ3n) is 2.06. The largest absolute Gasteiger partial charge is 0.256 e. The van der Waals surface area contributed by atoms with Crippen LogP contribution < -0.4 is 0 Å². The highest BCUT2D eigenvalue weighted by Crippen LogP contribution is 2.19. The zero-order chi connectivity index (χ0) is 9.97. The van der Waals surface area contributed by atoms with E-state index in [-0.39, 0.29) is 5.82 Å². The predicted molar refractivity (Wildman–Crippen MR) is 54.4 cm³/mol. The van der Waals surface area contributed by atoms with Crippen LogP contribution in [0.25, 0.3) is 11.3 Å². The molecule has 0 bridgehead atoms. The second kappa shape index (κ2) is 3.58. The minimum absolute atomic E-state index is 0.233. The molecule has 0 saturated heterocycles. The Morgan fingerprint density at radius 3 is 2.50 bits per heavy atom. The number of benzene rings is 1. The fourth-order valence-corrected chi connectivity index (χ4v) is 1.30. The molecule has 2 rings (SSSR count). The lowest BCUT2D eigenvalue weighted by Crippen LogP contribution is -1.87. The van der Waals surface area contributed by atoms with Crippen molar-refractivity contribution in [3.05, 3.63) is 54.0 Å². The summed E-state index contributed by atoms with van der Waals surface area (Å²) in [6.07, 6.45) is 1.74. The number of hydrogen-bond acceptors (Lipinski definition) is 1. The lowest BCUT2D eigenvalue weighted by molar-refractivity contribution is 0.630. The SMILES string of the molecule is Cc1ccc(-c2ccccc2F)nc1. The van der Waals surface area contributed by atoms with Crippen LogP contribution in [0, 0.1) is 12.7 Å². The molecule has 0 aliphatic heterocycles. The molecule has 0 aliphatic carbocycles. The van der Waals surface area contributed by atoms with Crippen molar-refractivity contribution < 1.29 is 4.39 Å². The summed E-state index contributed by atoms with van der Waals surface area (Å²) >= 11 is 0. The Hall–Kier alpha value is -1.70. The normalized spacial score (nSPS) is 10.1. The van der Waals surface area contributed by atoms with E-state index >= 15 is 0 Å². The quantitative estimate of drug-likeness (QED) is 0.668. The van der Waals surface area contributed by atoms with Gasteiger partial charge in [-0.3, -0.25) is 4.98 Å². The number of aryl methyl sites for hydroxylation is 1. The molecule has 0 atom stereocenters. The first kappa shape index (κ1) is 8.88. The van der Waals surface area contributed by atoms with Crippen LogP contribution >= 0.6 is 0 Å². The minimum atomic E-state index is -0.233. The Balaban J connectivity index is 2.50. The first-order valence-corrected chi connectivity index (χ1v) is 4.45. The van der Waals surface area contributed by atoms with Gasteiger partial charge in [-0.05, 0) is 30.7 Å². The molecule has 0 N–H and O–H groups in total. The summed E-state index contributed by atoms with van der Waals surface area (Å²) in [5.41, 5.74) is 2.30. The zero-order valence-electron chi connectivity index (χ0n) is 7.87. The van der Waals surface area contributed by atoms with E-state index in [9.17, 15) is 4.39 Å². The molecule has 0 fully saturated rings. The second-order valence-corrected chi connectivity index (χ2v) is 3.20. The Morgan fingerprint density at radius 1 is 1.07 bits per heavy atom. The van der Waals surface area contributed by atoms with Crippen molar-refractivity contribution in [3.63, 3.8) is 0 Å². The second-order valence-electron chi connectivity index (χ2n) is 3.20. The highest BCUT2D eigenvalue weighted by Gasteiger charge is 2.03. The van der Waals surface area contributed by atoms with Crippen molar-refractivity contribution in [1.82, 2.24) is 4.98 Å². The van der Waals surface area contributed by atoms with E-state index < -0.39 is 0 Å². The van der Waals surface area contributed by atoms with Crippen LogP contribution in [0.1, 0.15) is 5.56 Å². The number of pyridine rings is 1. The minimum Gasteiger partial charge on any atom is -0.256 e. The Bertz CT molecular complexity index is 434. The lowest BCUT2D eigenvalue weighted by atomic mass is 10.1. The van der Waals surface area contributed by atoms with Gasteiger partial charge in [0.2, 0.25) is 0 Å². The first-order chi connectivity index (χ1) is 6.77. The van der Waals surface area contributed by atoms with E-state index in [1.165, 1.54) is 6.07 Å². The number of rotatable bonds is 1. The van der Waals surface area contributed by atoms with E-state index in [0.29, 0.717) is 11.3 Å². The highest BCUT2D eigenvalue weighted by molar-refractivity contribution is 5.59. The maximum absolute atomic E-state index is 13.3. The summed E-state index contributed by atoms with van der Waals surface area (Å²) in [6, 6.07) is 10.4. The van der Waals surface area contributed by atoms with Crippen molar-refractivity contribution in [3.8, 4) is 11.3 Å². The van der Waals surface area contributed by atoms with Gasteiger partial charge in [-0.25, -0.2) is 4.39 Å². The van der Waals surface area contributed by atoms with Gasteiger partial charge >= 0.3 is 0 Å². The monoisotopic (exact) mass is 187 g/mol. The molecule has 1 aromatic heterocycles. The van der Waals surface area contributed by atoms with E-state index in [1.54, 1.807) is 24.4 Å². The Kier molecular flexibility index (Phi) is 2.27. The average Bonchev–Trinajstić information content (AvgIpc) is 2.20. The number of aromatic nitrogens is 1. The van der Waals surface area contributed by atoms with E-state index in [1.807, 2.05) is 19.1 Å². The smallest absolute Gasteiger partial charge is 0.132 e. The van der Waals surface area contributed by atoms with Crippen molar-refractivity contribution in [2.75, 3.05) is 0 Å². The maximum atomic E-state index is 13.3. The van der Waals surface area contributed by atoms with E-state index in [4.69, 9.17) is 0 Å². The molecule has 1 aromatic carbocycles. The van der Waals surface area contributed by atoms with Gasteiger partial charge in [0.15, 0.2) is 0 Å². The number of nitrogens with zero attached hydrogens (tertiary/aromatic N) is 1. The molecule has 0 unspecified atom stereocenters. The highest BCUT2D eigenvalue weighted by atomic mass is 19.1. The summed E-state index contributed by atoms with van der Waals surface area (Å²) in [7, 11) is 0. The summed E-state index contributed by atoms with van der Waals surface area (Å²) in [6.45, 7) is 1.96. The van der Waals surface area contributed by atoms with Crippen molar-refractivity contribution in [2.24, 2.45) is 0 Å². The van der Waals surface area contributed by atoms with Gasteiger partial charge in [0, 0.05) is 11.8 Å². The Morgan fingerprint density at radius 2 is 1.86 bits per heavy atom. The summed E-state index contributed by atoms with van der Waals surface area (Å²) in [5.74, 6) is -0.233. The molecular formula is C12H10FN. The number of hydrogen-bond donors (Lipinski definition) is 0. The van der Waals surface area contributed by atoms with Gasteiger partial charge in [0.05, 0.1) is 5.69 Å². The first-order valence-electron chi connectivity index (χ1n) is 4.45. The molecule has 1 nitrogen and oxygen atoms in total. The van der Waals surface area contributed by atoms with Gasteiger partial charge in [-0.2, -0.15) is 0 Å². The number of halogens is 1. The fourth-order valence-electron chi connectivity index (χ4n) is 1.30. The van der Waals surface area contributed by atoms with Crippen LogP contribution in [0.15, 0.2) is 42.6 Å². The molecule has 0 radical (unpaired) electrons. The van der Waals surface area contributed by atoms with E-state index in [0.717, 1.165) is 5.56 Å². The maximum Gasteiger partial charge on any atom is 0.132 e. The molecule has 2 aromatic rings. The fraction of sp³-hybridized carbons (Fsp3) is 0.0833. The molecule has 0 saturated carbocycles. The lowest BCUT2D eigenvalue weighted by Gasteiger charge is -2.01. The molecule has 0 aliphatic rings. The molecule has 0 amide bonds. The standard InChI is InChI=1S/C12H10FN/c1-9-6-7-12(14-8-9)10-4-2-3-5-11(10)13/h2-8H,1H3. The summed E-state index contributed by atoms with van der Waals surface area (Å²) in [4.78, 5) is 4.17. The van der Waals surface area contributed by atoms with Crippen LogP contribution in [0.5, 0.6) is 0 Å². The molecule has 1 heterocycles. The van der Waals surface area contributed by atoms with Crippen LogP contribution in [0.3, 0.4) is 0 Å². The van der Waals surface area contributed by atoms with Crippen LogP contribution in [0.2, 0.25) is 0 Å². The summed E-state index contributed by atoms with van der Waals surface area (Å²) < 4.78 is 13.3. The Labute approximate surface area is 82.2 Å². The van der Waals surface area contributed by atoms with Crippen LogP contribution in [-0.2, 0) is 0 Å². The van der Waals surface area contributed by atoms with Crippen molar-refractivity contribution in [2.45, 2.75) is 6.92 Å². The van der Waals surface area contributed by atoms with Gasteiger partial charge in [0.1, 0.15) is 5.82 Å². The third kappa shape index (κ3) is 1.64. The third-order valence-corrected chi connectivity index (χ3v) is 2.06. The van der Waals surface area contributed by atoms with Gasteiger partial charge in [-0.15, -0.1) is 0 Å². The van der Waals surface area contributed by atoms with Crippen LogP contribution in [0.4, 0.5) is 4.39 Å². The molecule has 14 heavy (non-hydrogen) atoms. The molecule has 0 spiro atoms. The predicted octanol–water partition coefficient (Wildman–Crippen LogP) is 3.20. The summed E-state index contributed by atoms with van der Waals surface area (Å²) in [5, 5.41) is 0. The molecule has 70 valence electrons. The van der Waals surface area contributed by atoms with Gasteiger partial charge in [-0.1, -0.05) is 18.2 Å². The average molecular weight is 187 g/mol. The zero-order valence-corrected chi connectivity index (χ0v) is 7.87. The van der Waals surface area contributed by atoms with Crippen molar-refractivity contribution >= 4 is 0 Å². The molecular weight excluding hydrogens is 177 g/mol. The topological polar surface area (TPSA) is 12.9 Å². The van der Waals surface area contributed by atoms with E-state index in [2.05, 4.69) is 4.98 Å². The van der Waals surface area contributed by atoms with Gasteiger partial charge in [0.25, 0.3) is 0 Å². The molecule has 2 heteroatoms. The van der Waals surface area contributed by atoms with Gasteiger partial charge < -0.3 is 0 Å². The van der Waals surface area contributed by atoms with Crippen molar-refractivity contribution in [1.29, 1.82) is 0 Å². The van der Waals surface area contributed by atoms with Crippen LogP contribution in [-0.4, -0.2) is 4.98 Å².